The van der Waals surface area contributed by atoms with Gasteiger partial charge in [-0.25, -0.2) is 4.98 Å². The van der Waals surface area contributed by atoms with Gasteiger partial charge in [-0.05, 0) is 34.5 Å². The van der Waals surface area contributed by atoms with Gasteiger partial charge < -0.3 is 0 Å². The molecule has 4 heteroatoms. The normalized spacial score (nSPS) is 12.8. The fourth-order valence-electron chi connectivity index (χ4n) is 0.851. The molecule has 0 saturated carbocycles. The Labute approximate surface area is 96.4 Å². The zero-order valence-corrected chi connectivity index (χ0v) is 10.5. The van der Waals surface area contributed by atoms with Crippen LogP contribution in [0, 0.1) is 0 Å². The zero-order valence-electron chi connectivity index (χ0n) is 7.34. The van der Waals surface area contributed by atoms with Crippen LogP contribution >= 0.6 is 39.3 Å². The van der Waals surface area contributed by atoms with E-state index in [1.807, 2.05) is 18.3 Å². The van der Waals surface area contributed by atoms with Crippen molar-refractivity contribution in [2.75, 3.05) is 5.88 Å². The van der Waals surface area contributed by atoms with E-state index in [4.69, 9.17) is 11.6 Å². The van der Waals surface area contributed by atoms with E-state index in [0.717, 1.165) is 15.9 Å². The molecule has 0 aliphatic heterocycles. The lowest BCUT2D eigenvalue weighted by molar-refractivity contribution is 0.907. The molecule has 0 aromatic carbocycles. The van der Waals surface area contributed by atoms with Crippen molar-refractivity contribution >= 4 is 39.3 Å². The first-order valence-electron chi connectivity index (χ1n) is 4.06. The molecule has 0 aliphatic rings. The molecule has 0 saturated heterocycles. The van der Waals surface area contributed by atoms with Crippen LogP contribution in [0.4, 0.5) is 0 Å². The highest BCUT2D eigenvalue weighted by Crippen LogP contribution is 2.24. The van der Waals surface area contributed by atoms with Crippen molar-refractivity contribution in [1.29, 1.82) is 0 Å². The maximum atomic E-state index is 5.65. The Hall–Kier alpha value is 0.270. The molecular weight excluding hydrogens is 270 g/mol. The van der Waals surface area contributed by atoms with E-state index >= 15 is 0 Å². The van der Waals surface area contributed by atoms with Gasteiger partial charge in [-0.1, -0.05) is 6.92 Å². The predicted molar refractivity (Wildman–Crippen MR) is 62.6 cm³/mol. The summed E-state index contributed by atoms with van der Waals surface area (Å²) in [4.78, 5) is 4.27. The number of thioether (sulfide) groups is 1. The highest BCUT2D eigenvalue weighted by atomic mass is 79.9. The number of rotatable bonds is 4. The Bertz CT molecular complexity index is 252. The maximum absolute atomic E-state index is 5.65. The smallest absolute Gasteiger partial charge is 0.0963 e. The fraction of sp³-hybridized carbons (Fsp3) is 0.444. The molecule has 1 heterocycles. The summed E-state index contributed by atoms with van der Waals surface area (Å²) in [6.07, 6.45) is 2.83. The van der Waals surface area contributed by atoms with Crippen molar-refractivity contribution in [2.45, 2.75) is 23.6 Å². The van der Waals surface area contributed by atoms with Crippen LogP contribution in [0.25, 0.3) is 0 Å². The van der Waals surface area contributed by atoms with Crippen molar-refractivity contribution in [3.8, 4) is 0 Å². The third kappa shape index (κ3) is 4.34. The largest absolute Gasteiger partial charge is 0.249 e. The van der Waals surface area contributed by atoms with Crippen molar-refractivity contribution < 1.29 is 0 Å². The Morgan fingerprint density at radius 2 is 2.38 bits per heavy atom. The lowest BCUT2D eigenvalue weighted by Crippen LogP contribution is -1.96. The molecule has 13 heavy (non-hydrogen) atoms. The second-order valence-corrected chi connectivity index (χ2v) is 5.47. The highest BCUT2D eigenvalue weighted by molar-refractivity contribution is 9.10. The summed E-state index contributed by atoms with van der Waals surface area (Å²) in [6, 6.07) is 4.02. The molecule has 0 aliphatic carbocycles. The van der Waals surface area contributed by atoms with E-state index in [9.17, 15) is 0 Å². The van der Waals surface area contributed by atoms with Gasteiger partial charge in [0.15, 0.2) is 0 Å². The molecule has 1 aromatic rings. The standard InChI is InChI=1S/C9H11BrClNS/c1-7(4-5-11)13-9-3-2-8(10)6-12-9/h2-3,6-7H,4-5H2,1H3. The van der Waals surface area contributed by atoms with E-state index in [2.05, 4.69) is 27.8 Å². The first-order chi connectivity index (χ1) is 6.22. The molecular formula is C9H11BrClNS. The zero-order chi connectivity index (χ0) is 9.68. The Morgan fingerprint density at radius 3 is 2.92 bits per heavy atom. The molecule has 0 fully saturated rings. The van der Waals surface area contributed by atoms with E-state index in [-0.39, 0.29) is 0 Å². The molecule has 0 amide bonds. The molecule has 0 radical (unpaired) electrons. The van der Waals surface area contributed by atoms with Gasteiger partial charge >= 0.3 is 0 Å². The van der Waals surface area contributed by atoms with Gasteiger partial charge in [0.25, 0.3) is 0 Å². The summed E-state index contributed by atoms with van der Waals surface area (Å²) >= 11 is 10.8. The van der Waals surface area contributed by atoms with Crippen LogP contribution < -0.4 is 0 Å². The van der Waals surface area contributed by atoms with E-state index in [0.29, 0.717) is 11.1 Å². The van der Waals surface area contributed by atoms with Gasteiger partial charge in [0.1, 0.15) is 0 Å². The van der Waals surface area contributed by atoms with Crippen LogP contribution in [0.5, 0.6) is 0 Å². The van der Waals surface area contributed by atoms with Crippen LogP contribution in [-0.2, 0) is 0 Å². The second-order valence-electron chi connectivity index (χ2n) is 2.72. The second kappa shape index (κ2) is 5.89. The van der Waals surface area contributed by atoms with E-state index in [1.165, 1.54) is 0 Å². The molecule has 0 N–H and O–H groups in total. The lowest BCUT2D eigenvalue weighted by Gasteiger charge is -2.07. The van der Waals surface area contributed by atoms with Gasteiger partial charge in [0.05, 0.1) is 5.03 Å². The lowest BCUT2D eigenvalue weighted by atomic mass is 10.4. The quantitative estimate of drug-likeness (QED) is 0.612. The number of hydrogen-bond acceptors (Lipinski definition) is 2. The van der Waals surface area contributed by atoms with Gasteiger partial charge in [-0.3, -0.25) is 0 Å². The summed E-state index contributed by atoms with van der Waals surface area (Å²) in [5, 5.41) is 1.59. The average Bonchev–Trinajstić information content (AvgIpc) is 2.09. The topological polar surface area (TPSA) is 12.9 Å². The predicted octanol–water partition coefficient (Wildman–Crippen LogP) is 3.95. The van der Waals surface area contributed by atoms with Gasteiger partial charge in [-0.2, -0.15) is 0 Å². The third-order valence-corrected chi connectivity index (χ3v) is 3.35. The van der Waals surface area contributed by atoms with Crippen molar-refractivity contribution in [3.05, 3.63) is 22.8 Å². The van der Waals surface area contributed by atoms with Crippen molar-refractivity contribution in [3.63, 3.8) is 0 Å². The molecule has 1 unspecified atom stereocenters. The Balaban J connectivity index is 2.49. The molecule has 0 bridgehead atoms. The van der Waals surface area contributed by atoms with Crippen molar-refractivity contribution in [2.24, 2.45) is 0 Å². The molecule has 1 aromatic heterocycles. The Kier molecular flexibility index (Phi) is 5.14. The first-order valence-corrected chi connectivity index (χ1v) is 6.27. The minimum Gasteiger partial charge on any atom is -0.249 e. The maximum Gasteiger partial charge on any atom is 0.0963 e. The fourth-order valence-corrected chi connectivity index (χ4v) is 2.45. The summed E-state index contributed by atoms with van der Waals surface area (Å²) in [5.74, 6) is 0.713. The van der Waals surface area contributed by atoms with Crippen LogP contribution in [0.3, 0.4) is 0 Å². The molecule has 0 spiro atoms. The summed E-state index contributed by atoms with van der Waals surface area (Å²) in [5.41, 5.74) is 0. The minimum atomic E-state index is 0.533. The van der Waals surface area contributed by atoms with Gasteiger partial charge in [-0.15, -0.1) is 23.4 Å². The molecule has 1 atom stereocenters. The SMILES string of the molecule is CC(CCCl)Sc1ccc(Br)cn1. The minimum absolute atomic E-state index is 0.533. The monoisotopic (exact) mass is 279 g/mol. The van der Waals surface area contributed by atoms with Gasteiger partial charge in [0.2, 0.25) is 0 Å². The number of hydrogen-bond donors (Lipinski definition) is 0. The third-order valence-electron chi connectivity index (χ3n) is 1.54. The molecule has 1 rings (SSSR count). The van der Waals surface area contributed by atoms with E-state index < -0.39 is 0 Å². The van der Waals surface area contributed by atoms with Crippen LogP contribution in [-0.4, -0.2) is 16.1 Å². The van der Waals surface area contributed by atoms with Crippen LogP contribution in [0.2, 0.25) is 0 Å². The number of halogens is 2. The van der Waals surface area contributed by atoms with Gasteiger partial charge in [0, 0.05) is 21.8 Å². The van der Waals surface area contributed by atoms with E-state index in [1.54, 1.807) is 11.8 Å². The first kappa shape index (κ1) is 11.3. The highest BCUT2D eigenvalue weighted by Gasteiger charge is 2.03. The molecule has 1 nitrogen and oxygen atoms in total. The number of alkyl halides is 1. The number of nitrogens with zero attached hydrogens (tertiary/aromatic N) is 1. The summed E-state index contributed by atoms with van der Waals surface area (Å²) in [7, 11) is 0. The number of aromatic nitrogens is 1. The van der Waals surface area contributed by atoms with Crippen LogP contribution in [0.15, 0.2) is 27.8 Å². The molecule has 72 valence electrons. The summed E-state index contributed by atoms with van der Waals surface area (Å²) < 4.78 is 1.02. The van der Waals surface area contributed by atoms with Crippen LogP contribution in [0.1, 0.15) is 13.3 Å². The number of pyridine rings is 1. The van der Waals surface area contributed by atoms with Crippen molar-refractivity contribution in [1.82, 2.24) is 4.98 Å². The average molecular weight is 281 g/mol. The Morgan fingerprint density at radius 1 is 1.62 bits per heavy atom. The summed E-state index contributed by atoms with van der Waals surface area (Å²) in [6.45, 7) is 2.16.